The van der Waals surface area contributed by atoms with Crippen LogP contribution in [0.15, 0.2) is 54.6 Å². The molecule has 0 radical (unpaired) electrons. The second-order valence-corrected chi connectivity index (χ2v) is 4.82. The highest BCUT2D eigenvalue weighted by molar-refractivity contribution is 5.52. The van der Waals surface area contributed by atoms with Gasteiger partial charge in [-0.25, -0.2) is 0 Å². The number of rotatable bonds is 5. The lowest BCUT2D eigenvalue weighted by atomic mass is 9.92. The maximum Gasteiger partial charge on any atom is 0.115 e. The van der Waals surface area contributed by atoms with Crippen LogP contribution in [0.3, 0.4) is 0 Å². The molecule has 4 nitrogen and oxygen atoms in total. The second kappa shape index (κ2) is 6.92. The van der Waals surface area contributed by atoms with Crippen LogP contribution < -0.4 is 0 Å². The molecule has 0 spiro atoms. The van der Waals surface area contributed by atoms with E-state index in [0.717, 1.165) is 11.1 Å². The molecule has 0 bridgehead atoms. The topological polar surface area (TPSA) is 80.9 Å². The number of hydrogen-bond acceptors (Lipinski definition) is 4. The van der Waals surface area contributed by atoms with E-state index in [1.165, 1.54) is 0 Å². The summed E-state index contributed by atoms with van der Waals surface area (Å²) in [7, 11) is 0. The van der Waals surface area contributed by atoms with Gasteiger partial charge in [0.15, 0.2) is 0 Å². The van der Waals surface area contributed by atoms with Crippen LogP contribution in [0.1, 0.15) is 17.0 Å². The third kappa shape index (κ3) is 4.08. The summed E-state index contributed by atoms with van der Waals surface area (Å²) in [6.07, 6.45) is 2.68. The lowest BCUT2D eigenvalue weighted by Gasteiger charge is -2.18. The van der Waals surface area contributed by atoms with Crippen molar-refractivity contribution in [2.75, 3.05) is 6.61 Å². The lowest BCUT2D eigenvalue weighted by molar-refractivity contribution is 0.0842. The summed E-state index contributed by atoms with van der Waals surface area (Å²) in [5, 5.41) is 37.7. The van der Waals surface area contributed by atoms with E-state index in [2.05, 4.69) is 0 Å². The molecule has 21 heavy (non-hydrogen) atoms. The summed E-state index contributed by atoms with van der Waals surface area (Å²) < 4.78 is 0. The Balaban J connectivity index is 2.24. The molecule has 4 heteroatoms. The van der Waals surface area contributed by atoms with E-state index in [4.69, 9.17) is 0 Å². The van der Waals surface area contributed by atoms with E-state index in [9.17, 15) is 20.4 Å². The van der Waals surface area contributed by atoms with Crippen molar-refractivity contribution in [1.29, 1.82) is 0 Å². The summed E-state index contributed by atoms with van der Waals surface area (Å²) in [5.41, 5.74) is 1.67. The Morgan fingerprint density at radius 2 is 1.38 bits per heavy atom. The van der Waals surface area contributed by atoms with Gasteiger partial charge in [-0.2, -0.15) is 0 Å². The second-order valence-electron chi connectivity index (χ2n) is 4.82. The van der Waals surface area contributed by atoms with Crippen molar-refractivity contribution in [2.45, 2.75) is 12.0 Å². The van der Waals surface area contributed by atoms with Gasteiger partial charge in [-0.05, 0) is 35.4 Å². The number of aliphatic hydroxyl groups excluding tert-OH is 2. The third-order valence-electron chi connectivity index (χ3n) is 3.27. The molecule has 0 saturated carbocycles. The van der Waals surface area contributed by atoms with Crippen molar-refractivity contribution in [3.63, 3.8) is 0 Å². The van der Waals surface area contributed by atoms with Gasteiger partial charge in [0.25, 0.3) is 0 Å². The van der Waals surface area contributed by atoms with Gasteiger partial charge >= 0.3 is 0 Å². The van der Waals surface area contributed by atoms with E-state index >= 15 is 0 Å². The third-order valence-corrected chi connectivity index (χ3v) is 3.27. The monoisotopic (exact) mass is 286 g/mol. The van der Waals surface area contributed by atoms with Gasteiger partial charge in [-0.1, -0.05) is 36.4 Å². The molecular weight excluding hydrogens is 268 g/mol. The minimum Gasteiger partial charge on any atom is -0.508 e. The van der Waals surface area contributed by atoms with Crippen molar-refractivity contribution in [2.24, 2.45) is 0 Å². The molecular formula is C17H18O4. The standard InChI is InChI=1S/C17H18O4/c18-11-17(21)16(13-4-8-15(20)9-5-13)10-3-12-1-6-14(19)7-2-12/h1-10,16-21H,11H2/b10-3+/t16-,17+/m0/s1. The molecule has 0 unspecified atom stereocenters. The molecule has 110 valence electrons. The van der Waals surface area contributed by atoms with Crippen molar-refractivity contribution in [1.82, 2.24) is 0 Å². The Bertz CT molecular complexity index is 587. The number of benzene rings is 2. The molecule has 0 aliphatic heterocycles. The zero-order valence-corrected chi connectivity index (χ0v) is 11.4. The van der Waals surface area contributed by atoms with Crippen LogP contribution in [0, 0.1) is 0 Å². The Labute approximate surface area is 123 Å². The quantitative estimate of drug-likeness (QED) is 0.679. The highest BCUT2D eigenvalue weighted by Crippen LogP contribution is 2.25. The summed E-state index contributed by atoms with van der Waals surface area (Å²) in [6.45, 7) is -0.356. The number of phenolic OH excluding ortho intramolecular Hbond substituents is 2. The van der Waals surface area contributed by atoms with E-state index in [0.29, 0.717) is 0 Å². The number of hydrogen-bond donors (Lipinski definition) is 4. The van der Waals surface area contributed by atoms with Gasteiger partial charge in [-0.3, -0.25) is 0 Å². The average Bonchev–Trinajstić information content (AvgIpc) is 2.50. The molecule has 0 amide bonds. The van der Waals surface area contributed by atoms with Crippen molar-refractivity contribution >= 4 is 6.08 Å². The minimum atomic E-state index is -0.928. The van der Waals surface area contributed by atoms with Gasteiger partial charge in [0.05, 0.1) is 12.7 Å². The first kappa shape index (κ1) is 15.1. The van der Waals surface area contributed by atoms with E-state index in [-0.39, 0.29) is 24.0 Å². The fourth-order valence-electron chi connectivity index (χ4n) is 2.07. The molecule has 4 N–H and O–H groups in total. The van der Waals surface area contributed by atoms with Gasteiger partial charge in [0.1, 0.15) is 11.5 Å². The molecule has 2 aromatic rings. The maximum absolute atomic E-state index is 9.96. The number of aromatic hydroxyl groups is 2. The van der Waals surface area contributed by atoms with Gasteiger partial charge in [0, 0.05) is 5.92 Å². The number of phenols is 2. The highest BCUT2D eigenvalue weighted by Gasteiger charge is 2.17. The fraction of sp³-hybridized carbons (Fsp3) is 0.176. The molecule has 0 heterocycles. The van der Waals surface area contributed by atoms with Crippen molar-refractivity contribution in [3.8, 4) is 11.5 Å². The van der Waals surface area contributed by atoms with E-state index in [1.807, 2.05) is 6.08 Å². The van der Waals surface area contributed by atoms with Gasteiger partial charge < -0.3 is 20.4 Å². The number of aliphatic hydroxyl groups is 2. The van der Waals surface area contributed by atoms with Crippen LogP contribution in [0.25, 0.3) is 6.08 Å². The Morgan fingerprint density at radius 3 is 1.90 bits per heavy atom. The first-order chi connectivity index (χ1) is 10.1. The Kier molecular flexibility index (Phi) is 4.98. The van der Waals surface area contributed by atoms with Crippen LogP contribution >= 0.6 is 0 Å². The zero-order chi connectivity index (χ0) is 15.2. The normalized spacial score (nSPS) is 14.2. The van der Waals surface area contributed by atoms with Gasteiger partial charge in [0.2, 0.25) is 0 Å². The lowest BCUT2D eigenvalue weighted by Crippen LogP contribution is -2.20. The van der Waals surface area contributed by atoms with Crippen molar-refractivity contribution in [3.05, 3.63) is 65.7 Å². The zero-order valence-electron chi connectivity index (χ0n) is 11.4. The van der Waals surface area contributed by atoms with Crippen LogP contribution in [-0.4, -0.2) is 33.1 Å². The molecule has 2 aromatic carbocycles. The predicted octanol–water partition coefficient (Wildman–Crippen LogP) is 2.25. The summed E-state index contributed by atoms with van der Waals surface area (Å²) >= 11 is 0. The highest BCUT2D eigenvalue weighted by atomic mass is 16.3. The fourth-order valence-corrected chi connectivity index (χ4v) is 2.07. The summed E-state index contributed by atoms with van der Waals surface area (Å²) in [6, 6.07) is 13.2. The first-order valence-corrected chi connectivity index (χ1v) is 6.65. The smallest absolute Gasteiger partial charge is 0.115 e. The van der Waals surface area contributed by atoms with E-state index in [1.54, 1.807) is 54.6 Å². The predicted molar refractivity (Wildman–Crippen MR) is 81.1 cm³/mol. The van der Waals surface area contributed by atoms with Crippen LogP contribution in [0.4, 0.5) is 0 Å². The molecule has 2 rings (SSSR count). The van der Waals surface area contributed by atoms with Crippen LogP contribution in [-0.2, 0) is 0 Å². The van der Waals surface area contributed by atoms with Crippen LogP contribution in [0.5, 0.6) is 11.5 Å². The summed E-state index contributed by atoms with van der Waals surface area (Å²) in [4.78, 5) is 0. The molecule has 0 aliphatic rings. The summed E-state index contributed by atoms with van der Waals surface area (Å²) in [5.74, 6) is -0.0412. The largest absolute Gasteiger partial charge is 0.508 e. The molecule has 0 aromatic heterocycles. The van der Waals surface area contributed by atoms with Gasteiger partial charge in [-0.15, -0.1) is 0 Å². The molecule has 2 atom stereocenters. The molecule has 0 fully saturated rings. The SMILES string of the molecule is OC[C@@H](O)[C@@H](/C=C/c1ccc(O)cc1)c1ccc(O)cc1. The maximum atomic E-state index is 9.96. The first-order valence-electron chi connectivity index (χ1n) is 6.65. The minimum absolute atomic E-state index is 0.151. The average molecular weight is 286 g/mol. The molecule has 0 saturated heterocycles. The Hall–Kier alpha value is -2.30. The van der Waals surface area contributed by atoms with Crippen LogP contribution in [0.2, 0.25) is 0 Å². The molecule has 0 aliphatic carbocycles. The van der Waals surface area contributed by atoms with E-state index < -0.39 is 6.10 Å². The van der Waals surface area contributed by atoms with Crippen molar-refractivity contribution < 1.29 is 20.4 Å². The Morgan fingerprint density at radius 1 is 0.857 bits per heavy atom.